The number of carbonyl (C=O) groups excluding carboxylic acids is 1. The van der Waals surface area contributed by atoms with E-state index in [2.05, 4.69) is 100 Å². The van der Waals surface area contributed by atoms with E-state index < -0.39 is 0 Å². The van der Waals surface area contributed by atoms with Gasteiger partial charge in [0, 0.05) is 6.42 Å². The summed E-state index contributed by atoms with van der Waals surface area (Å²) >= 11 is 0. The van der Waals surface area contributed by atoms with Crippen LogP contribution in [0.1, 0.15) is 51.7 Å². The number of benzene rings is 4. The van der Waals surface area contributed by atoms with Crippen LogP contribution in [-0.2, 0) is 4.79 Å². The molecule has 0 bridgehead atoms. The van der Waals surface area contributed by atoms with Gasteiger partial charge in [-0.1, -0.05) is 112 Å². The zero-order valence-corrected chi connectivity index (χ0v) is 20.3. The van der Waals surface area contributed by atoms with Gasteiger partial charge in [-0.05, 0) is 69.6 Å². The molecule has 168 valence electrons. The molecule has 4 aromatic rings. The van der Waals surface area contributed by atoms with E-state index in [1.54, 1.807) is 0 Å². The molecule has 0 heterocycles. The molecule has 33 heavy (non-hydrogen) atoms. The quantitative estimate of drug-likeness (QED) is 0.218. The third-order valence-corrected chi connectivity index (χ3v) is 5.80. The van der Waals surface area contributed by atoms with Crippen LogP contribution in [0.5, 0.6) is 0 Å². The van der Waals surface area contributed by atoms with Gasteiger partial charge < -0.3 is 0 Å². The number of rotatable bonds is 6. The van der Waals surface area contributed by atoms with Crippen LogP contribution in [0.2, 0.25) is 0 Å². The lowest BCUT2D eigenvalue weighted by molar-refractivity contribution is -0.115. The van der Waals surface area contributed by atoms with Crippen molar-refractivity contribution in [2.24, 2.45) is 5.92 Å². The Bertz CT molecular complexity index is 1220. The molecule has 1 nitrogen and oxygen atoms in total. The third-order valence-electron chi connectivity index (χ3n) is 5.80. The fourth-order valence-electron chi connectivity index (χ4n) is 4.02. The number of fused-ring (bicyclic) bond motifs is 2. The highest BCUT2D eigenvalue weighted by atomic mass is 16.1. The first-order valence-corrected chi connectivity index (χ1v) is 11.8. The summed E-state index contributed by atoms with van der Waals surface area (Å²) in [4.78, 5) is 12.6. The van der Waals surface area contributed by atoms with Crippen LogP contribution < -0.4 is 0 Å². The van der Waals surface area contributed by atoms with Gasteiger partial charge in [-0.3, -0.25) is 4.79 Å². The summed E-state index contributed by atoms with van der Waals surface area (Å²) < 4.78 is 0. The largest absolute Gasteiger partial charge is 0.295 e. The van der Waals surface area contributed by atoms with Gasteiger partial charge in [0.15, 0.2) is 5.78 Å². The van der Waals surface area contributed by atoms with Crippen LogP contribution in [0.25, 0.3) is 33.2 Å². The van der Waals surface area contributed by atoms with E-state index in [1.165, 1.54) is 27.1 Å². The molecule has 4 aromatic carbocycles. The standard InChI is InChI=1S/C23H24O.C9H10/c1-4-9-23(24)21(16(2)3)15-22-19-12-7-5-10-17(19)14-18-11-6-8-13-20(18)22;1-8(2)9-6-4-3-5-7-9/h5-8,10-16H,4,9H2,1-3H3;3-7H,1H2,2H3/b21-15+;. The average molecular weight is 435 g/mol. The van der Waals surface area contributed by atoms with E-state index in [1.807, 2.05) is 25.1 Å². The first-order valence-electron chi connectivity index (χ1n) is 11.8. The van der Waals surface area contributed by atoms with Gasteiger partial charge in [0.1, 0.15) is 0 Å². The maximum atomic E-state index is 12.6. The summed E-state index contributed by atoms with van der Waals surface area (Å²) in [5.74, 6) is 0.492. The van der Waals surface area contributed by atoms with Gasteiger partial charge in [-0.25, -0.2) is 0 Å². The summed E-state index contributed by atoms with van der Waals surface area (Å²) in [6, 6.07) is 29.2. The second-order valence-electron chi connectivity index (χ2n) is 8.81. The van der Waals surface area contributed by atoms with Crippen molar-refractivity contribution in [2.45, 2.75) is 40.5 Å². The van der Waals surface area contributed by atoms with Crippen molar-refractivity contribution in [3.8, 4) is 0 Å². The summed E-state index contributed by atoms with van der Waals surface area (Å²) in [5.41, 5.74) is 4.43. The Morgan fingerprint density at radius 1 is 0.848 bits per heavy atom. The van der Waals surface area contributed by atoms with Gasteiger partial charge in [-0.15, -0.1) is 0 Å². The fraction of sp³-hybridized carbons (Fsp3) is 0.219. The molecule has 0 aliphatic rings. The topological polar surface area (TPSA) is 17.1 Å². The zero-order valence-electron chi connectivity index (χ0n) is 20.3. The zero-order chi connectivity index (χ0) is 23.8. The van der Waals surface area contributed by atoms with E-state index in [-0.39, 0.29) is 11.7 Å². The van der Waals surface area contributed by atoms with Gasteiger partial charge in [0.25, 0.3) is 0 Å². The van der Waals surface area contributed by atoms with Crippen molar-refractivity contribution in [1.82, 2.24) is 0 Å². The van der Waals surface area contributed by atoms with Crippen molar-refractivity contribution >= 4 is 39.0 Å². The van der Waals surface area contributed by atoms with Crippen molar-refractivity contribution in [3.05, 3.63) is 108 Å². The molecule has 0 N–H and O–H groups in total. The molecular formula is C32H34O. The average Bonchev–Trinajstić information content (AvgIpc) is 2.82. The van der Waals surface area contributed by atoms with Crippen LogP contribution in [0.4, 0.5) is 0 Å². The minimum absolute atomic E-state index is 0.224. The van der Waals surface area contributed by atoms with Crippen molar-refractivity contribution < 1.29 is 4.79 Å². The maximum Gasteiger partial charge on any atom is 0.159 e. The van der Waals surface area contributed by atoms with Crippen LogP contribution >= 0.6 is 0 Å². The summed E-state index contributed by atoms with van der Waals surface area (Å²) in [5, 5.41) is 4.85. The van der Waals surface area contributed by atoms with Gasteiger partial charge in [0.2, 0.25) is 0 Å². The molecule has 0 spiro atoms. The maximum absolute atomic E-state index is 12.6. The first kappa shape index (κ1) is 24.2. The Hall–Kier alpha value is -3.45. The predicted octanol–water partition coefficient (Wildman–Crippen LogP) is 9.12. The highest BCUT2D eigenvalue weighted by molar-refractivity contribution is 6.10. The summed E-state index contributed by atoms with van der Waals surface area (Å²) in [6.45, 7) is 12.1. The van der Waals surface area contributed by atoms with Crippen molar-refractivity contribution in [1.29, 1.82) is 0 Å². The second-order valence-corrected chi connectivity index (χ2v) is 8.81. The SMILES string of the molecule is C=C(C)c1ccccc1.CCCC(=O)/C(=C/c1c2ccccc2cc2ccccc12)C(C)C. The Morgan fingerprint density at radius 2 is 1.36 bits per heavy atom. The summed E-state index contributed by atoms with van der Waals surface area (Å²) in [6.07, 6.45) is 3.64. The molecule has 0 atom stereocenters. The number of hydrogen-bond acceptors (Lipinski definition) is 1. The van der Waals surface area contributed by atoms with Crippen LogP contribution in [-0.4, -0.2) is 5.78 Å². The molecule has 1 heteroatoms. The fourth-order valence-corrected chi connectivity index (χ4v) is 4.02. The Kier molecular flexibility index (Phi) is 8.38. The highest BCUT2D eigenvalue weighted by Gasteiger charge is 2.14. The summed E-state index contributed by atoms with van der Waals surface area (Å²) in [7, 11) is 0. The molecular weight excluding hydrogens is 400 g/mol. The second kappa shape index (κ2) is 11.4. The van der Waals surface area contributed by atoms with E-state index in [4.69, 9.17) is 0 Å². The van der Waals surface area contributed by atoms with Crippen molar-refractivity contribution in [3.63, 3.8) is 0 Å². The molecule has 0 fully saturated rings. The van der Waals surface area contributed by atoms with Crippen LogP contribution in [0.15, 0.2) is 97.1 Å². The lowest BCUT2D eigenvalue weighted by atomic mass is 9.90. The van der Waals surface area contributed by atoms with Gasteiger partial charge in [0.05, 0.1) is 0 Å². The molecule has 0 unspecified atom stereocenters. The van der Waals surface area contributed by atoms with Crippen LogP contribution in [0.3, 0.4) is 0 Å². The normalized spacial score (nSPS) is 11.4. The minimum Gasteiger partial charge on any atom is -0.295 e. The number of hydrogen-bond donors (Lipinski definition) is 0. The smallest absolute Gasteiger partial charge is 0.159 e. The third kappa shape index (κ3) is 6.08. The molecule has 0 amide bonds. The lowest BCUT2D eigenvalue weighted by Crippen LogP contribution is -2.08. The minimum atomic E-state index is 0.224. The lowest BCUT2D eigenvalue weighted by Gasteiger charge is -2.13. The Morgan fingerprint density at radius 3 is 1.82 bits per heavy atom. The van der Waals surface area contributed by atoms with E-state index in [0.717, 1.165) is 23.1 Å². The molecule has 0 aliphatic carbocycles. The number of allylic oxidation sites excluding steroid dienone is 2. The molecule has 0 saturated carbocycles. The monoisotopic (exact) mass is 434 g/mol. The van der Waals surface area contributed by atoms with Gasteiger partial charge in [-0.2, -0.15) is 0 Å². The van der Waals surface area contributed by atoms with Gasteiger partial charge >= 0.3 is 0 Å². The van der Waals surface area contributed by atoms with Crippen molar-refractivity contribution in [2.75, 3.05) is 0 Å². The van der Waals surface area contributed by atoms with E-state index in [9.17, 15) is 4.79 Å². The molecule has 4 rings (SSSR count). The van der Waals surface area contributed by atoms with Crippen LogP contribution in [0, 0.1) is 5.92 Å². The number of Topliss-reactive ketones (excluding diaryl/α,β-unsaturated/α-hetero) is 1. The first-order chi connectivity index (χ1) is 15.9. The Labute approximate surface area is 198 Å². The predicted molar refractivity (Wildman–Crippen MR) is 145 cm³/mol. The molecule has 0 aliphatic heterocycles. The molecule has 0 radical (unpaired) electrons. The molecule has 0 aromatic heterocycles. The number of carbonyl (C=O) groups is 1. The van der Waals surface area contributed by atoms with E-state index in [0.29, 0.717) is 6.42 Å². The Balaban J connectivity index is 0.000000286. The van der Waals surface area contributed by atoms with E-state index >= 15 is 0 Å². The highest BCUT2D eigenvalue weighted by Crippen LogP contribution is 2.31. The number of ketones is 1. The molecule has 0 saturated heterocycles.